The average Bonchev–Trinajstić information content (AvgIpc) is 2.77. The number of nitrogens with one attached hydrogen (secondary N) is 1. The molecule has 2 aromatic carbocycles. The van der Waals surface area contributed by atoms with Gasteiger partial charge in [0.1, 0.15) is 12.3 Å². The predicted octanol–water partition coefficient (Wildman–Crippen LogP) is 2.58. The SMILES string of the molecule is CCN(CC)C(=O)[C@@H](OC(=O)CNC(=O)c1ccc(OC)cc1)c1ccccc1. The third kappa shape index (κ3) is 6.07. The van der Waals surface area contributed by atoms with E-state index in [9.17, 15) is 14.4 Å². The van der Waals surface area contributed by atoms with Gasteiger partial charge in [-0.25, -0.2) is 0 Å². The smallest absolute Gasteiger partial charge is 0.326 e. The Morgan fingerprint density at radius 3 is 2.14 bits per heavy atom. The largest absolute Gasteiger partial charge is 0.497 e. The molecule has 0 heterocycles. The number of benzene rings is 2. The molecule has 0 aliphatic rings. The van der Waals surface area contributed by atoms with Crippen molar-refractivity contribution in [2.24, 2.45) is 0 Å². The van der Waals surface area contributed by atoms with Crippen molar-refractivity contribution in [3.8, 4) is 5.75 Å². The molecule has 0 unspecified atom stereocenters. The van der Waals surface area contributed by atoms with E-state index in [0.717, 1.165) is 0 Å². The fraction of sp³-hybridized carbons (Fsp3) is 0.318. The summed E-state index contributed by atoms with van der Waals surface area (Å²) < 4.78 is 10.5. The Kier molecular flexibility index (Phi) is 8.21. The van der Waals surface area contributed by atoms with Crippen LogP contribution < -0.4 is 10.1 Å². The summed E-state index contributed by atoms with van der Waals surface area (Å²) in [7, 11) is 1.54. The number of likely N-dealkylation sites (N-methyl/N-ethyl adjacent to an activating group) is 1. The third-order valence-corrected chi connectivity index (χ3v) is 4.40. The van der Waals surface area contributed by atoms with Gasteiger partial charge in [0.2, 0.25) is 6.10 Å². The van der Waals surface area contributed by atoms with Crippen molar-refractivity contribution in [2.45, 2.75) is 20.0 Å². The van der Waals surface area contributed by atoms with E-state index in [1.165, 1.54) is 7.11 Å². The van der Waals surface area contributed by atoms with Gasteiger partial charge in [-0.2, -0.15) is 0 Å². The zero-order valence-electron chi connectivity index (χ0n) is 16.9. The molecule has 0 saturated heterocycles. The van der Waals surface area contributed by atoms with Crippen LogP contribution in [-0.2, 0) is 14.3 Å². The molecule has 0 spiro atoms. The van der Waals surface area contributed by atoms with Crippen molar-refractivity contribution < 1.29 is 23.9 Å². The van der Waals surface area contributed by atoms with Gasteiger partial charge in [0, 0.05) is 24.2 Å². The Bertz CT molecular complexity index is 817. The molecule has 154 valence electrons. The van der Waals surface area contributed by atoms with Gasteiger partial charge in [0.25, 0.3) is 11.8 Å². The first-order chi connectivity index (χ1) is 14.0. The summed E-state index contributed by atoms with van der Waals surface area (Å²) in [6.07, 6.45) is -1.05. The fourth-order valence-corrected chi connectivity index (χ4v) is 2.76. The van der Waals surface area contributed by atoms with Crippen LogP contribution in [0.3, 0.4) is 0 Å². The summed E-state index contributed by atoms with van der Waals surface area (Å²) >= 11 is 0. The van der Waals surface area contributed by atoms with Crippen LogP contribution in [0.25, 0.3) is 0 Å². The standard InChI is InChI=1S/C22H26N2O5/c1-4-24(5-2)22(27)20(16-9-7-6-8-10-16)29-19(25)15-23-21(26)17-11-13-18(28-3)14-12-17/h6-14,20H,4-5,15H2,1-3H3,(H,23,26)/t20-/m0/s1. The molecule has 2 rings (SSSR count). The van der Waals surface area contributed by atoms with Crippen molar-refractivity contribution in [2.75, 3.05) is 26.7 Å². The lowest BCUT2D eigenvalue weighted by Gasteiger charge is -2.25. The van der Waals surface area contributed by atoms with Gasteiger partial charge in [0.15, 0.2) is 0 Å². The van der Waals surface area contributed by atoms with Crippen LogP contribution in [0.15, 0.2) is 54.6 Å². The van der Waals surface area contributed by atoms with Crippen LogP contribution in [0, 0.1) is 0 Å². The Labute approximate surface area is 170 Å². The molecule has 2 aromatic rings. The Morgan fingerprint density at radius 1 is 0.966 bits per heavy atom. The highest BCUT2D eigenvalue weighted by Crippen LogP contribution is 2.20. The lowest BCUT2D eigenvalue weighted by molar-refractivity contribution is -0.160. The van der Waals surface area contributed by atoms with E-state index >= 15 is 0 Å². The molecule has 0 aliphatic carbocycles. The number of methoxy groups -OCH3 is 1. The Balaban J connectivity index is 2.03. The summed E-state index contributed by atoms with van der Waals surface area (Å²) in [5, 5.41) is 2.51. The number of hydrogen-bond donors (Lipinski definition) is 1. The second-order valence-corrected chi connectivity index (χ2v) is 6.20. The number of amides is 2. The van der Waals surface area contributed by atoms with Crippen molar-refractivity contribution in [1.29, 1.82) is 0 Å². The van der Waals surface area contributed by atoms with Crippen molar-refractivity contribution in [3.63, 3.8) is 0 Å². The molecule has 0 aromatic heterocycles. The topological polar surface area (TPSA) is 84.9 Å². The summed E-state index contributed by atoms with van der Waals surface area (Å²) in [6, 6.07) is 15.3. The molecule has 2 amide bonds. The van der Waals surface area contributed by atoms with Crippen LogP contribution in [0.2, 0.25) is 0 Å². The molecule has 0 aliphatic heterocycles. The molecule has 7 nitrogen and oxygen atoms in total. The summed E-state index contributed by atoms with van der Waals surface area (Å²) in [5.41, 5.74) is 0.969. The molecular formula is C22H26N2O5. The number of hydrogen-bond acceptors (Lipinski definition) is 5. The number of nitrogens with zero attached hydrogens (tertiary/aromatic N) is 1. The predicted molar refractivity (Wildman–Crippen MR) is 109 cm³/mol. The molecule has 29 heavy (non-hydrogen) atoms. The van der Waals surface area contributed by atoms with Crippen molar-refractivity contribution in [1.82, 2.24) is 10.2 Å². The van der Waals surface area contributed by atoms with E-state index in [1.54, 1.807) is 53.4 Å². The highest BCUT2D eigenvalue weighted by molar-refractivity contribution is 5.96. The van der Waals surface area contributed by atoms with Gasteiger partial charge >= 0.3 is 5.97 Å². The third-order valence-electron chi connectivity index (χ3n) is 4.40. The summed E-state index contributed by atoms with van der Waals surface area (Å²) in [6.45, 7) is 4.38. The quantitative estimate of drug-likeness (QED) is 0.657. The maximum absolute atomic E-state index is 12.8. The monoisotopic (exact) mass is 398 g/mol. The highest BCUT2D eigenvalue weighted by atomic mass is 16.5. The second kappa shape index (κ2) is 10.8. The molecule has 0 bridgehead atoms. The first kappa shape index (κ1) is 21.9. The first-order valence-corrected chi connectivity index (χ1v) is 9.45. The van der Waals surface area contributed by atoms with Crippen molar-refractivity contribution in [3.05, 3.63) is 65.7 Å². The Morgan fingerprint density at radius 2 is 1.59 bits per heavy atom. The Hall–Kier alpha value is -3.35. The number of carbonyl (C=O) groups excluding carboxylic acids is 3. The van der Waals surface area contributed by atoms with E-state index in [2.05, 4.69) is 5.32 Å². The van der Waals surface area contributed by atoms with E-state index in [4.69, 9.17) is 9.47 Å². The van der Waals surface area contributed by atoms with Gasteiger partial charge in [-0.3, -0.25) is 14.4 Å². The zero-order chi connectivity index (χ0) is 21.2. The highest BCUT2D eigenvalue weighted by Gasteiger charge is 2.28. The summed E-state index contributed by atoms with van der Waals surface area (Å²) in [4.78, 5) is 39.0. The first-order valence-electron chi connectivity index (χ1n) is 9.45. The lowest BCUT2D eigenvalue weighted by Crippen LogP contribution is -2.38. The molecule has 0 fully saturated rings. The number of carbonyl (C=O) groups is 3. The van der Waals surface area contributed by atoms with Gasteiger partial charge in [0.05, 0.1) is 7.11 Å². The normalized spacial score (nSPS) is 11.3. The van der Waals surface area contributed by atoms with Gasteiger partial charge in [-0.15, -0.1) is 0 Å². The minimum Gasteiger partial charge on any atom is -0.497 e. The molecular weight excluding hydrogens is 372 g/mol. The van der Waals surface area contributed by atoms with Gasteiger partial charge in [-0.1, -0.05) is 30.3 Å². The fourth-order valence-electron chi connectivity index (χ4n) is 2.76. The lowest BCUT2D eigenvalue weighted by atomic mass is 10.1. The average molecular weight is 398 g/mol. The molecule has 1 atom stereocenters. The van der Waals surface area contributed by atoms with Crippen LogP contribution in [0.5, 0.6) is 5.75 Å². The van der Waals surface area contributed by atoms with E-state index in [-0.39, 0.29) is 12.5 Å². The van der Waals surface area contributed by atoms with Gasteiger partial charge < -0.3 is 19.7 Å². The number of rotatable bonds is 9. The van der Waals surface area contributed by atoms with E-state index in [0.29, 0.717) is 30.0 Å². The van der Waals surface area contributed by atoms with E-state index < -0.39 is 18.0 Å². The van der Waals surface area contributed by atoms with Gasteiger partial charge in [-0.05, 0) is 38.1 Å². The van der Waals surface area contributed by atoms with Crippen LogP contribution in [0.1, 0.15) is 35.9 Å². The molecule has 0 radical (unpaired) electrons. The zero-order valence-corrected chi connectivity index (χ0v) is 16.9. The van der Waals surface area contributed by atoms with E-state index in [1.807, 2.05) is 19.9 Å². The molecule has 1 N–H and O–H groups in total. The second-order valence-electron chi connectivity index (χ2n) is 6.20. The summed E-state index contributed by atoms with van der Waals surface area (Å²) in [5.74, 6) is -0.783. The number of ether oxygens (including phenoxy) is 2. The number of esters is 1. The molecule has 0 saturated carbocycles. The van der Waals surface area contributed by atoms with Crippen molar-refractivity contribution >= 4 is 17.8 Å². The minimum atomic E-state index is -1.05. The van der Waals surface area contributed by atoms with Crippen LogP contribution in [0.4, 0.5) is 0 Å². The van der Waals surface area contributed by atoms with Crippen LogP contribution in [-0.4, -0.2) is 49.4 Å². The minimum absolute atomic E-state index is 0.295. The molecule has 7 heteroatoms. The maximum atomic E-state index is 12.8. The maximum Gasteiger partial charge on any atom is 0.326 e. The van der Waals surface area contributed by atoms with Crippen LogP contribution >= 0.6 is 0 Å².